The van der Waals surface area contributed by atoms with Crippen LogP contribution in [0.1, 0.15) is 19.3 Å². The molecule has 0 radical (unpaired) electrons. The van der Waals surface area contributed by atoms with Crippen molar-refractivity contribution in [2.75, 3.05) is 6.54 Å². The molecule has 0 heterocycles. The zero-order valence-corrected chi connectivity index (χ0v) is 12.9. The Bertz CT molecular complexity index is 654. The minimum absolute atomic E-state index is 0.125. The fourth-order valence-electron chi connectivity index (χ4n) is 2.05. The molecule has 118 valence electrons. The third-order valence-corrected chi connectivity index (χ3v) is 4.68. The van der Waals surface area contributed by atoms with Crippen LogP contribution >= 0.6 is 0 Å². The van der Waals surface area contributed by atoms with Gasteiger partial charge >= 0.3 is 0 Å². The highest BCUT2D eigenvalue weighted by Gasteiger charge is 2.14. The number of rotatable bonds is 6. The van der Waals surface area contributed by atoms with E-state index in [1.54, 1.807) is 24.4 Å². The van der Waals surface area contributed by atoms with Gasteiger partial charge in [-0.15, -0.1) is 0 Å². The first-order valence-electron chi connectivity index (χ1n) is 7.09. The van der Waals surface area contributed by atoms with Crippen LogP contribution in [0.3, 0.4) is 0 Å². The summed E-state index contributed by atoms with van der Waals surface area (Å²) >= 11 is 0. The van der Waals surface area contributed by atoms with Crippen molar-refractivity contribution in [1.29, 1.82) is 0 Å². The van der Waals surface area contributed by atoms with Crippen LogP contribution in [-0.2, 0) is 14.8 Å². The van der Waals surface area contributed by atoms with E-state index in [0.29, 0.717) is 5.92 Å². The van der Waals surface area contributed by atoms with Crippen LogP contribution in [0, 0.1) is 5.92 Å². The molecule has 7 heteroatoms. The smallest absolute Gasteiger partial charge is 0.255 e. The molecule has 0 spiro atoms. The average molecular weight is 321 g/mol. The zero-order valence-electron chi connectivity index (χ0n) is 12.1. The first kappa shape index (κ1) is 16.4. The highest BCUT2D eigenvalue weighted by molar-refractivity contribution is 7.89. The standard InChI is InChI=1S/C15H19N3O3S/c19-15(18-16-11-13-7-3-1-4-8-13)12-17-22(20,21)14-9-5-2-6-10-14/h1-3,5-6,9-11,13,17H,4,7-8,12H2,(H,18,19)/b16-11-/t13-/m0/s1. The van der Waals surface area contributed by atoms with Crippen molar-refractivity contribution >= 4 is 22.1 Å². The maximum absolute atomic E-state index is 11.9. The predicted octanol–water partition coefficient (Wildman–Crippen LogP) is 1.42. The van der Waals surface area contributed by atoms with E-state index >= 15 is 0 Å². The number of benzene rings is 1. The molecule has 0 saturated heterocycles. The van der Waals surface area contributed by atoms with Crippen molar-refractivity contribution in [1.82, 2.24) is 10.1 Å². The highest BCUT2D eigenvalue weighted by Crippen LogP contribution is 2.15. The third-order valence-electron chi connectivity index (χ3n) is 3.26. The maximum atomic E-state index is 11.9. The third kappa shape index (κ3) is 5.09. The number of hydrogen-bond donors (Lipinski definition) is 2. The lowest BCUT2D eigenvalue weighted by Gasteiger charge is -2.11. The Hall–Kier alpha value is -1.99. The normalized spacial score (nSPS) is 18.5. The predicted molar refractivity (Wildman–Crippen MR) is 84.7 cm³/mol. The molecule has 0 unspecified atom stereocenters. The van der Waals surface area contributed by atoms with E-state index in [4.69, 9.17) is 0 Å². The van der Waals surface area contributed by atoms with Crippen LogP contribution in [0.15, 0.2) is 52.5 Å². The van der Waals surface area contributed by atoms with Crippen LogP contribution in [0.4, 0.5) is 0 Å². The molecule has 2 N–H and O–H groups in total. The van der Waals surface area contributed by atoms with Gasteiger partial charge in [-0.25, -0.2) is 18.6 Å². The lowest BCUT2D eigenvalue weighted by molar-refractivity contribution is -0.119. The van der Waals surface area contributed by atoms with Gasteiger partial charge in [0.25, 0.3) is 5.91 Å². The van der Waals surface area contributed by atoms with Gasteiger partial charge in [0.05, 0.1) is 11.4 Å². The summed E-state index contributed by atoms with van der Waals surface area (Å²) in [7, 11) is -3.67. The van der Waals surface area contributed by atoms with E-state index in [1.807, 2.05) is 0 Å². The van der Waals surface area contributed by atoms with Crippen molar-refractivity contribution in [3.8, 4) is 0 Å². The molecule has 1 atom stereocenters. The Morgan fingerprint density at radius 1 is 1.27 bits per heavy atom. The van der Waals surface area contributed by atoms with Crippen molar-refractivity contribution in [2.24, 2.45) is 11.0 Å². The summed E-state index contributed by atoms with van der Waals surface area (Å²) in [6, 6.07) is 7.90. The summed E-state index contributed by atoms with van der Waals surface area (Å²) in [6.45, 7) is -0.348. The number of hydrogen-bond acceptors (Lipinski definition) is 4. The fraction of sp³-hybridized carbons (Fsp3) is 0.333. The Kier molecular flexibility index (Phi) is 5.85. The van der Waals surface area contributed by atoms with Crippen LogP contribution in [0.2, 0.25) is 0 Å². The summed E-state index contributed by atoms with van der Waals surface area (Å²) in [6.07, 6.45) is 8.86. The molecule has 0 fully saturated rings. The molecule has 22 heavy (non-hydrogen) atoms. The Morgan fingerprint density at radius 2 is 2.05 bits per heavy atom. The molecule has 1 aliphatic rings. The molecule has 6 nitrogen and oxygen atoms in total. The lowest BCUT2D eigenvalue weighted by Crippen LogP contribution is -2.35. The quantitative estimate of drug-likeness (QED) is 0.472. The van der Waals surface area contributed by atoms with Crippen molar-refractivity contribution in [2.45, 2.75) is 24.2 Å². The van der Waals surface area contributed by atoms with Gasteiger partial charge in [-0.1, -0.05) is 30.4 Å². The number of carbonyl (C=O) groups is 1. The monoisotopic (exact) mass is 321 g/mol. The van der Waals surface area contributed by atoms with Gasteiger partial charge in [-0.2, -0.15) is 5.10 Å². The Morgan fingerprint density at radius 3 is 2.73 bits per heavy atom. The van der Waals surface area contributed by atoms with Crippen LogP contribution in [0.5, 0.6) is 0 Å². The molecule has 1 aromatic carbocycles. The maximum Gasteiger partial charge on any atom is 0.255 e. The summed E-state index contributed by atoms with van der Waals surface area (Å²) in [5.74, 6) is -0.173. The van der Waals surface area contributed by atoms with Gasteiger partial charge in [0.15, 0.2) is 0 Å². The van der Waals surface area contributed by atoms with Crippen LogP contribution < -0.4 is 10.1 Å². The first-order chi connectivity index (χ1) is 10.6. The molecular formula is C15H19N3O3S. The van der Waals surface area contributed by atoms with Crippen molar-refractivity contribution < 1.29 is 13.2 Å². The summed E-state index contributed by atoms with van der Waals surface area (Å²) in [5.41, 5.74) is 2.33. The van der Waals surface area contributed by atoms with E-state index < -0.39 is 15.9 Å². The lowest BCUT2D eigenvalue weighted by atomic mass is 9.96. The molecule has 0 bridgehead atoms. The minimum atomic E-state index is -3.67. The number of amides is 1. The molecule has 0 aromatic heterocycles. The molecule has 0 saturated carbocycles. The van der Waals surface area contributed by atoms with Crippen LogP contribution in [-0.4, -0.2) is 27.1 Å². The SMILES string of the molecule is O=C(CNS(=O)(=O)c1ccccc1)N/N=C\[C@H]1CC=CCC1. The number of nitrogens with one attached hydrogen (secondary N) is 2. The molecule has 2 rings (SSSR count). The summed E-state index contributed by atoms with van der Waals surface area (Å²) in [4.78, 5) is 11.7. The Balaban J connectivity index is 1.78. The van der Waals surface area contributed by atoms with Gasteiger partial charge < -0.3 is 0 Å². The first-order valence-corrected chi connectivity index (χ1v) is 8.58. The van der Waals surface area contributed by atoms with E-state index in [-0.39, 0.29) is 11.4 Å². The topological polar surface area (TPSA) is 87.6 Å². The molecule has 1 aromatic rings. The van der Waals surface area contributed by atoms with Gasteiger partial charge in [0, 0.05) is 6.21 Å². The van der Waals surface area contributed by atoms with Gasteiger partial charge in [0.1, 0.15) is 0 Å². The van der Waals surface area contributed by atoms with E-state index in [9.17, 15) is 13.2 Å². The number of hydrazone groups is 1. The van der Waals surface area contributed by atoms with Crippen LogP contribution in [0.25, 0.3) is 0 Å². The van der Waals surface area contributed by atoms with Gasteiger partial charge in [0.2, 0.25) is 10.0 Å². The number of nitrogens with zero attached hydrogens (tertiary/aromatic N) is 1. The second-order valence-corrected chi connectivity index (χ2v) is 6.76. The molecular weight excluding hydrogens is 302 g/mol. The Labute approximate surface area is 130 Å². The second-order valence-electron chi connectivity index (χ2n) is 5.00. The average Bonchev–Trinajstić information content (AvgIpc) is 2.55. The summed E-state index contributed by atoms with van der Waals surface area (Å²) < 4.78 is 26.1. The second kappa shape index (κ2) is 7.86. The van der Waals surface area contributed by atoms with Gasteiger partial charge in [-0.3, -0.25) is 4.79 Å². The minimum Gasteiger partial charge on any atom is -0.272 e. The largest absolute Gasteiger partial charge is 0.272 e. The van der Waals surface area contributed by atoms with E-state index in [1.165, 1.54) is 12.1 Å². The van der Waals surface area contributed by atoms with E-state index in [2.05, 4.69) is 27.4 Å². The van der Waals surface area contributed by atoms with Crippen molar-refractivity contribution in [3.63, 3.8) is 0 Å². The fourth-order valence-corrected chi connectivity index (χ4v) is 3.05. The number of allylic oxidation sites excluding steroid dienone is 2. The van der Waals surface area contributed by atoms with Gasteiger partial charge in [-0.05, 0) is 37.3 Å². The summed E-state index contributed by atoms with van der Waals surface area (Å²) in [5, 5.41) is 3.88. The molecule has 1 amide bonds. The number of sulfonamides is 1. The van der Waals surface area contributed by atoms with Crippen molar-refractivity contribution in [3.05, 3.63) is 42.5 Å². The highest BCUT2D eigenvalue weighted by atomic mass is 32.2. The molecule has 1 aliphatic carbocycles. The number of carbonyl (C=O) groups excluding carboxylic acids is 1. The molecule has 0 aliphatic heterocycles. The zero-order chi connectivity index (χ0) is 15.8. The van der Waals surface area contributed by atoms with E-state index in [0.717, 1.165) is 19.3 Å².